The van der Waals surface area contributed by atoms with Crippen LogP contribution in [0.25, 0.3) is 0 Å². The molecule has 3 aromatic carbocycles. The van der Waals surface area contributed by atoms with Crippen LogP contribution in [-0.4, -0.2) is 14.4 Å². The predicted octanol–water partition coefficient (Wildman–Crippen LogP) is 4.44. The van der Waals surface area contributed by atoms with Crippen LogP contribution in [-0.2, 0) is 16.6 Å². The van der Waals surface area contributed by atoms with Gasteiger partial charge in [0.25, 0.3) is 10.0 Å². The molecule has 0 aromatic heterocycles. The van der Waals surface area contributed by atoms with Crippen molar-refractivity contribution < 1.29 is 26.4 Å². The molecule has 4 rings (SSSR count). The molecule has 148 valence electrons. The lowest BCUT2D eigenvalue weighted by Crippen LogP contribution is -2.51. The first kappa shape index (κ1) is 19.0. The Kier molecular flexibility index (Phi) is 4.54. The van der Waals surface area contributed by atoms with Crippen molar-refractivity contribution in [3.63, 3.8) is 0 Å². The fourth-order valence-corrected chi connectivity index (χ4v) is 4.75. The van der Waals surface area contributed by atoms with E-state index < -0.39 is 39.2 Å². The Hall–Kier alpha value is -3.33. The summed E-state index contributed by atoms with van der Waals surface area (Å²) in [6, 6.07) is 12.2. The summed E-state index contributed by atoms with van der Waals surface area (Å²) in [5, 5.41) is 0. The van der Waals surface area contributed by atoms with Gasteiger partial charge in [0.15, 0.2) is 0 Å². The standard InChI is InChI=1S/C20H13F3N2O3S/c21-14-5-3-4-13(10-14)12-24-17-6-1-2-7-19(17)29(27,28)25(20(24)26)18-11-15(22)8-9-16(18)23/h1-11H,12H2. The SMILES string of the molecule is O=C1N(Cc2cccc(F)c2)c2ccccc2S(=O)(=O)N1c1cc(F)ccc1F. The van der Waals surface area contributed by atoms with E-state index in [0.29, 0.717) is 11.6 Å². The van der Waals surface area contributed by atoms with Crippen LogP contribution in [0.3, 0.4) is 0 Å². The quantitative estimate of drug-likeness (QED) is 0.632. The van der Waals surface area contributed by atoms with Crippen LogP contribution in [0.2, 0.25) is 0 Å². The zero-order valence-corrected chi connectivity index (χ0v) is 15.5. The van der Waals surface area contributed by atoms with Crippen molar-refractivity contribution in [3.05, 3.63) is 89.7 Å². The van der Waals surface area contributed by atoms with Gasteiger partial charge in [-0.05, 0) is 42.0 Å². The molecule has 2 amide bonds. The summed E-state index contributed by atoms with van der Waals surface area (Å²) in [6.45, 7) is -0.170. The molecule has 0 saturated heterocycles. The minimum atomic E-state index is -4.50. The predicted molar refractivity (Wildman–Crippen MR) is 100 cm³/mol. The molecule has 5 nitrogen and oxygen atoms in total. The van der Waals surface area contributed by atoms with E-state index in [4.69, 9.17) is 0 Å². The van der Waals surface area contributed by atoms with Gasteiger partial charge in [0.1, 0.15) is 28.0 Å². The number of urea groups is 1. The van der Waals surface area contributed by atoms with E-state index in [1.807, 2.05) is 0 Å². The number of halogens is 3. The van der Waals surface area contributed by atoms with E-state index >= 15 is 0 Å². The lowest BCUT2D eigenvalue weighted by Gasteiger charge is -2.36. The third-order valence-electron chi connectivity index (χ3n) is 4.44. The maximum atomic E-state index is 14.4. The maximum absolute atomic E-state index is 14.4. The van der Waals surface area contributed by atoms with Crippen LogP contribution in [0.1, 0.15) is 5.56 Å². The summed E-state index contributed by atoms with van der Waals surface area (Å²) >= 11 is 0. The Morgan fingerprint density at radius 1 is 0.793 bits per heavy atom. The number of anilines is 2. The Balaban J connectivity index is 1.90. The molecule has 0 bridgehead atoms. The fourth-order valence-electron chi connectivity index (χ4n) is 3.16. The largest absolute Gasteiger partial charge is 0.343 e. The summed E-state index contributed by atoms with van der Waals surface area (Å²) in [7, 11) is -4.50. The number of rotatable bonds is 3. The molecule has 1 aliphatic rings. The summed E-state index contributed by atoms with van der Waals surface area (Å²) in [5.41, 5.74) is -0.268. The molecule has 0 atom stereocenters. The van der Waals surface area contributed by atoms with Crippen LogP contribution in [0, 0.1) is 17.5 Å². The summed E-state index contributed by atoms with van der Waals surface area (Å²) in [4.78, 5) is 14.0. The molecular formula is C20H13F3N2O3S. The fraction of sp³-hybridized carbons (Fsp3) is 0.0500. The number of carbonyl (C=O) groups excluding carboxylic acids is 1. The normalized spacial score (nSPS) is 15.3. The van der Waals surface area contributed by atoms with Crippen LogP contribution in [0.5, 0.6) is 0 Å². The number of benzene rings is 3. The molecule has 0 fully saturated rings. The van der Waals surface area contributed by atoms with Crippen LogP contribution in [0.4, 0.5) is 29.3 Å². The highest BCUT2D eigenvalue weighted by Crippen LogP contribution is 2.38. The number of para-hydroxylation sites is 1. The third kappa shape index (κ3) is 3.23. The first-order valence-corrected chi connectivity index (χ1v) is 9.88. The third-order valence-corrected chi connectivity index (χ3v) is 6.17. The van der Waals surface area contributed by atoms with Crippen molar-refractivity contribution in [2.75, 3.05) is 9.21 Å². The zero-order chi connectivity index (χ0) is 20.8. The molecule has 0 unspecified atom stereocenters. The second-order valence-corrected chi connectivity index (χ2v) is 8.09. The molecule has 0 N–H and O–H groups in total. The number of nitrogens with zero attached hydrogens (tertiary/aromatic N) is 2. The Morgan fingerprint density at radius 2 is 1.52 bits per heavy atom. The van der Waals surface area contributed by atoms with Crippen molar-refractivity contribution in [3.8, 4) is 0 Å². The minimum absolute atomic E-state index is 0.0647. The summed E-state index contributed by atoms with van der Waals surface area (Å²) in [6.07, 6.45) is 0. The van der Waals surface area contributed by atoms with Crippen LogP contribution in [0.15, 0.2) is 71.6 Å². The highest BCUT2D eigenvalue weighted by Gasteiger charge is 2.43. The van der Waals surface area contributed by atoms with Gasteiger partial charge in [0, 0.05) is 6.07 Å². The lowest BCUT2D eigenvalue weighted by atomic mass is 10.2. The van der Waals surface area contributed by atoms with Crippen molar-refractivity contribution in [2.45, 2.75) is 11.4 Å². The van der Waals surface area contributed by atoms with Gasteiger partial charge in [0.05, 0.1) is 12.2 Å². The topological polar surface area (TPSA) is 57.7 Å². The molecule has 1 aliphatic heterocycles. The molecular weight excluding hydrogens is 405 g/mol. The summed E-state index contributed by atoms with van der Waals surface area (Å²) < 4.78 is 68.0. The van der Waals surface area contributed by atoms with E-state index in [1.165, 1.54) is 36.4 Å². The van der Waals surface area contributed by atoms with Crippen molar-refractivity contribution >= 4 is 27.4 Å². The van der Waals surface area contributed by atoms with Gasteiger partial charge in [-0.2, -0.15) is 4.31 Å². The average Bonchev–Trinajstić information content (AvgIpc) is 2.68. The van der Waals surface area contributed by atoms with E-state index in [1.54, 1.807) is 12.1 Å². The van der Waals surface area contributed by atoms with Gasteiger partial charge in [0.2, 0.25) is 0 Å². The van der Waals surface area contributed by atoms with Crippen LogP contribution >= 0.6 is 0 Å². The van der Waals surface area contributed by atoms with E-state index in [2.05, 4.69) is 0 Å². The molecule has 0 spiro atoms. The highest BCUT2D eigenvalue weighted by molar-refractivity contribution is 7.94. The maximum Gasteiger partial charge on any atom is 0.343 e. The molecule has 1 heterocycles. The Bertz CT molecular complexity index is 1230. The second-order valence-electron chi connectivity index (χ2n) is 6.33. The first-order chi connectivity index (χ1) is 13.8. The van der Waals surface area contributed by atoms with Crippen LogP contribution < -0.4 is 9.21 Å². The Labute approximate surface area is 164 Å². The number of carbonyl (C=O) groups is 1. The molecule has 0 aliphatic carbocycles. The van der Waals surface area contributed by atoms with Gasteiger partial charge in [-0.25, -0.2) is 26.4 Å². The van der Waals surface area contributed by atoms with E-state index in [0.717, 1.165) is 17.0 Å². The lowest BCUT2D eigenvalue weighted by molar-refractivity contribution is 0.253. The highest BCUT2D eigenvalue weighted by atomic mass is 32.2. The monoisotopic (exact) mass is 418 g/mol. The zero-order valence-electron chi connectivity index (χ0n) is 14.7. The first-order valence-electron chi connectivity index (χ1n) is 8.44. The molecule has 0 radical (unpaired) electrons. The van der Waals surface area contributed by atoms with E-state index in [9.17, 15) is 26.4 Å². The smallest absolute Gasteiger partial charge is 0.287 e. The van der Waals surface area contributed by atoms with Gasteiger partial charge < -0.3 is 0 Å². The summed E-state index contributed by atoms with van der Waals surface area (Å²) in [5.74, 6) is -2.51. The average molecular weight is 418 g/mol. The minimum Gasteiger partial charge on any atom is -0.287 e. The molecule has 3 aromatic rings. The number of amides is 2. The van der Waals surface area contributed by atoms with Crippen molar-refractivity contribution in [1.29, 1.82) is 0 Å². The molecule has 0 saturated carbocycles. The van der Waals surface area contributed by atoms with Crippen molar-refractivity contribution in [1.82, 2.24) is 0 Å². The number of hydrogen-bond donors (Lipinski definition) is 0. The van der Waals surface area contributed by atoms with Gasteiger partial charge in [-0.15, -0.1) is 0 Å². The number of sulfonamides is 1. The van der Waals surface area contributed by atoms with Gasteiger partial charge in [-0.1, -0.05) is 24.3 Å². The second kappa shape index (κ2) is 6.93. The van der Waals surface area contributed by atoms with E-state index in [-0.39, 0.29) is 21.4 Å². The molecule has 9 heteroatoms. The van der Waals surface area contributed by atoms with Gasteiger partial charge in [-0.3, -0.25) is 4.90 Å². The molecule has 29 heavy (non-hydrogen) atoms. The Morgan fingerprint density at radius 3 is 2.28 bits per heavy atom. The van der Waals surface area contributed by atoms with Crippen molar-refractivity contribution in [2.24, 2.45) is 0 Å². The number of hydrogen-bond acceptors (Lipinski definition) is 3. The number of fused-ring (bicyclic) bond motifs is 1. The van der Waals surface area contributed by atoms with Gasteiger partial charge >= 0.3 is 6.03 Å².